The number of ether oxygens (including phenoxy) is 1. The van der Waals surface area contributed by atoms with E-state index in [1.165, 1.54) is 11.1 Å². The Morgan fingerprint density at radius 1 is 1.05 bits per heavy atom. The molecule has 0 amide bonds. The monoisotopic (exact) mass is 250 g/mol. The molecule has 2 aliphatic carbocycles. The normalized spacial score (nSPS) is 19.7. The van der Waals surface area contributed by atoms with Crippen molar-refractivity contribution in [2.45, 2.75) is 25.9 Å². The molecule has 4 rings (SSSR count). The minimum atomic E-state index is 0.212. The first-order valence-corrected chi connectivity index (χ1v) is 6.72. The summed E-state index contributed by atoms with van der Waals surface area (Å²) in [5.74, 6) is 1.22. The van der Waals surface area contributed by atoms with Crippen LogP contribution in [0.5, 0.6) is 0 Å². The van der Waals surface area contributed by atoms with Gasteiger partial charge in [0, 0.05) is 17.6 Å². The van der Waals surface area contributed by atoms with E-state index < -0.39 is 0 Å². The van der Waals surface area contributed by atoms with Crippen LogP contribution in [0.25, 0.3) is 11.6 Å². The van der Waals surface area contributed by atoms with Crippen LogP contribution in [0.4, 0.5) is 0 Å². The van der Waals surface area contributed by atoms with E-state index in [9.17, 15) is 4.79 Å². The van der Waals surface area contributed by atoms with Crippen LogP contribution in [0.2, 0.25) is 0 Å². The first-order chi connectivity index (χ1) is 9.33. The summed E-state index contributed by atoms with van der Waals surface area (Å²) < 4.78 is 5.80. The van der Waals surface area contributed by atoms with Crippen LogP contribution in [0.3, 0.4) is 0 Å². The van der Waals surface area contributed by atoms with E-state index in [0.717, 1.165) is 35.3 Å². The van der Waals surface area contributed by atoms with Crippen LogP contribution in [0, 0.1) is 0 Å². The second kappa shape index (κ2) is 3.95. The highest BCUT2D eigenvalue weighted by molar-refractivity contribution is 6.03. The average Bonchev–Trinajstić information content (AvgIpc) is 2.46. The van der Waals surface area contributed by atoms with Gasteiger partial charge in [-0.15, -0.1) is 0 Å². The van der Waals surface area contributed by atoms with Gasteiger partial charge in [-0.25, -0.2) is 0 Å². The lowest BCUT2D eigenvalue weighted by Gasteiger charge is -2.26. The fourth-order valence-electron chi connectivity index (χ4n) is 3.04. The van der Waals surface area contributed by atoms with Gasteiger partial charge in [-0.2, -0.15) is 0 Å². The van der Waals surface area contributed by atoms with Crippen molar-refractivity contribution >= 4 is 17.4 Å². The highest BCUT2D eigenvalue weighted by Gasteiger charge is 2.24. The van der Waals surface area contributed by atoms with Crippen molar-refractivity contribution in [3.05, 3.63) is 58.4 Å². The molecular formula is C17H14O2. The molecule has 0 bridgehead atoms. The van der Waals surface area contributed by atoms with E-state index in [1.54, 1.807) is 0 Å². The van der Waals surface area contributed by atoms with Gasteiger partial charge in [-0.05, 0) is 47.7 Å². The number of carbonyl (C=O) groups is 1. The Labute approximate surface area is 112 Å². The molecule has 0 spiro atoms. The van der Waals surface area contributed by atoms with E-state index in [2.05, 4.69) is 24.3 Å². The van der Waals surface area contributed by atoms with E-state index >= 15 is 0 Å². The Morgan fingerprint density at radius 3 is 2.95 bits per heavy atom. The predicted molar refractivity (Wildman–Crippen MR) is 74.5 cm³/mol. The molecular weight excluding hydrogens is 236 g/mol. The Balaban J connectivity index is 1.93. The summed E-state index contributed by atoms with van der Waals surface area (Å²) >= 11 is 0. The first-order valence-electron chi connectivity index (χ1n) is 6.72. The number of hydrogen-bond donors (Lipinski definition) is 0. The zero-order chi connectivity index (χ0) is 12.8. The molecule has 0 fully saturated rings. The molecule has 0 N–H and O–H groups in total. The van der Waals surface area contributed by atoms with Gasteiger partial charge in [0.25, 0.3) is 0 Å². The lowest BCUT2D eigenvalue weighted by molar-refractivity contribution is 0.0994. The number of ketones is 1. The van der Waals surface area contributed by atoms with Gasteiger partial charge >= 0.3 is 0 Å². The molecule has 0 saturated carbocycles. The molecule has 3 aliphatic rings. The van der Waals surface area contributed by atoms with Crippen molar-refractivity contribution < 1.29 is 9.53 Å². The van der Waals surface area contributed by atoms with E-state index in [1.807, 2.05) is 12.1 Å². The van der Waals surface area contributed by atoms with Gasteiger partial charge in [0.05, 0.1) is 0 Å². The number of rotatable bonds is 0. The number of allylic oxidation sites excluding steroid dienone is 4. The summed E-state index contributed by atoms with van der Waals surface area (Å²) in [6.07, 6.45) is 10.8. The van der Waals surface area contributed by atoms with Crippen molar-refractivity contribution in [1.29, 1.82) is 0 Å². The van der Waals surface area contributed by atoms with E-state index in [-0.39, 0.29) is 5.78 Å². The third-order valence-corrected chi connectivity index (χ3v) is 4.01. The summed E-state index contributed by atoms with van der Waals surface area (Å²) in [6, 6.07) is 4.19. The lowest BCUT2D eigenvalue weighted by atomic mass is 9.85. The summed E-state index contributed by atoms with van der Waals surface area (Å²) in [5, 5.41) is 0. The van der Waals surface area contributed by atoms with Crippen LogP contribution in [-0.4, -0.2) is 5.78 Å². The number of Topliss-reactive ketones (excluding diaryl/α,β-unsaturated/α-hetero) is 1. The summed E-state index contributed by atoms with van der Waals surface area (Å²) in [5.41, 5.74) is 5.61. The fraction of sp³-hybridized carbons (Fsp3) is 0.235. The molecule has 2 heteroatoms. The van der Waals surface area contributed by atoms with Crippen molar-refractivity contribution in [2.24, 2.45) is 0 Å². The molecule has 0 atom stereocenters. The third kappa shape index (κ3) is 1.60. The molecule has 0 unspecified atom stereocenters. The number of hydrogen-bond acceptors (Lipinski definition) is 2. The second-order valence-corrected chi connectivity index (χ2v) is 5.20. The topological polar surface area (TPSA) is 26.3 Å². The average molecular weight is 250 g/mol. The number of carbonyl (C=O) groups excluding carboxylic acids is 1. The van der Waals surface area contributed by atoms with E-state index in [4.69, 9.17) is 4.74 Å². The number of fused-ring (bicyclic) bond motifs is 3. The molecule has 1 aromatic carbocycles. The Bertz CT molecular complexity index is 675. The van der Waals surface area contributed by atoms with Crippen molar-refractivity contribution in [3.8, 4) is 0 Å². The quantitative estimate of drug-likeness (QED) is 0.698. The van der Waals surface area contributed by atoms with Gasteiger partial charge in [0.15, 0.2) is 5.78 Å². The largest absolute Gasteiger partial charge is 0.489 e. The zero-order valence-corrected chi connectivity index (χ0v) is 10.6. The Morgan fingerprint density at radius 2 is 2.00 bits per heavy atom. The maximum absolute atomic E-state index is 11.9. The fourth-order valence-corrected chi connectivity index (χ4v) is 3.04. The summed E-state index contributed by atoms with van der Waals surface area (Å²) in [7, 11) is 0. The summed E-state index contributed by atoms with van der Waals surface area (Å²) in [4.78, 5) is 11.9. The molecule has 0 saturated heterocycles. The van der Waals surface area contributed by atoms with Gasteiger partial charge in [-0.1, -0.05) is 18.2 Å². The lowest BCUT2D eigenvalue weighted by Crippen LogP contribution is -2.13. The van der Waals surface area contributed by atoms with Gasteiger partial charge in [0.1, 0.15) is 12.4 Å². The second-order valence-electron chi connectivity index (χ2n) is 5.20. The van der Waals surface area contributed by atoms with Gasteiger partial charge < -0.3 is 4.74 Å². The van der Waals surface area contributed by atoms with Crippen LogP contribution in [0.15, 0.2) is 36.1 Å². The van der Waals surface area contributed by atoms with Crippen LogP contribution < -0.4 is 0 Å². The molecule has 0 aromatic heterocycles. The van der Waals surface area contributed by atoms with Gasteiger partial charge in [0.2, 0.25) is 0 Å². The van der Waals surface area contributed by atoms with E-state index in [0.29, 0.717) is 13.0 Å². The van der Waals surface area contributed by atoms with Crippen molar-refractivity contribution in [1.82, 2.24) is 0 Å². The molecule has 19 heavy (non-hydrogen) atoms. The smallest absolute Gasteiger partial charge is 0.167 e. The maximum Gasteiger partial charge on any atom is 0.167 e. The van der Waals surface area contributed by atoms with Crippen LogP contribution in [0.1, 0.15) is 46.3 Å². The Hall–Kier alpha value is -2.09. The zero-order valence-electron chi connectivity index (χ0n) is 10.6. The van der Waals surface area contributed by atoms with Crippen LogP contribution >= 0.6 is 0 Å². The highest BCUT2D eigenvalue weighted by Crippen LogP contribution is 2.38. The van der Waals surface area contributed by atoms with Crippen molar-refractivity contribution in [3.63, 3.8) is 0 Å². The SMILES string of the molecule is O=C1CC=Cc2cc3c(cc21)COC1=C3CCC=C1. The third-order valence-electron chi connectivity index (χ3n) is 4.01. The minimum absolute atomic E-state index is 0.212. The maximum atomic E-state index is 11.9. The number of benzene rings is 1. The Kier molecular flexibility index (Phi) is 2.25. The molecule has 1 aliphatic heterocycles. The minimum Gasteiger partial charge on any atom is -0.489 e. The molecule has 0 radical (unpaired) electrons. The molecule has 94 valence electrons. The molecule has 1 heterocycles. The van der Waals surface area contributed by atoms with Crippen LogP contribution in [-0.2, 0) is 11.3 Å². The van der Waals surface area contributed by atoms with Gasteiger partial charge in [-0.3, -0.25) is 4.79 Å². The first kappa shape index (κ1) is 10.8. The molecule has 2 nitrogen and oxygen atoms in total. The standard InChI is InChI=1S/C17H14O2/c18-16-6-3-4-11-8-14-12(9-15(11)16)10-19-17-7-2-1-5-13(14)17/h2-4,7-9H,1,5-6,10H2. The predicted octanol–water partition coefficient (Wildman–Crippen LogP) is 3.88. The molecule has 1 aromatic rings. The summed E-state index contributed by atoms with van der Waals surface area (Å²) in [6.45, 7) is 0.572. The van der Waals surface area contributed by atoms with Crippen molar-refractivity contribution in [2.75, 3.05) is 0 Å². The highest BCUT2D eigenvalue weighted by atomic mass is 16.5.